The van der Waals surface area contributed by atoms with Gasteiger partial charge in [0.1, 0.15) is 0 Å². The Labute approximate surface area is 188 Å². The van der Waals surface area contributed by atoms with Crippen molar-refractivity contribution in [2.45, 2.75) is 25.2 Å². The summed E-state index contributed by atoms with van der Waals surface area (Å²) in [4.78, 5) is 16.3. The van der Waals surface area contributed by atoms with Gasteiger partial charge in [0.2, 0.25) is 17.6 Å². The highest BCUT2D eigenvalue weighted by molar-refractivity contribution is 5.91. The summed E-state index contributed by atoms with van der Waals surface area (Å²) in [6.45, 7) is 0. The van der Waals surface area contributed by atoms with Gasteiger partial charge in [-0.15, -0.1) is 0 Å². The number of hydrogen-bond acceptors (Lipinski definition) is 6. The SMILES string of the molecule is COc1ccc(-c2noc(CCC(=O)Nc3cc(C(F)(F)F)cc(C(F)(F)F)c3)n2)cc1OC. The van der Waals surface area contributed by atoms with E-state index >= 15 is 0 Å². The first kappa shape index (κ1) is 24.9. The van der Waals surface area contributed by atoms with Crippen molar-refractivity contribution in [1.82, 2.24) is 10.1 Å². The zero-order valence-corrected chi connectivity index (χ0v) is 17.7. The van der Waals surface area contributed by atoms with Crippen LogP contribution in [0.15, 0.2) is 40.9 Å². The summed E-state index contributed by atoms with van der Waals surface area (Å²) in [7, 11) is 2.92. The maximum Gasteiger partial charge on any atom is 0.416 e. The second kappa shape index (κ2) is 9.61. The van der Waals surface area contributed by atoms with Gasteiger partial charge in [-0.1, -0.05) is 5.16 Å². The molecule has 1 heterocycles. The molecule has 13 heteroatoms. The van der Waals surface area contributed by atoms with E-state index in [1.807, 2.05) is 5.32 Å². The molecule has 0 saturated carbocycles. The molecule has 1 amide bonds. The van der Waals surface area contributed by atoms with Crippen molar-refractivity contribution < 1.29 is 45.1 Å². The Hall–Kier alpha value is -3.77. The maximum absolute atomic E-state index is 13.0. The molecule has 7 nitrogen and oxygen atoms in total. The number of rotatable bonds is 7. The molecule has 3 aromatic rings. The van der Waals surface area contributed by atoms with Crippen molar-refractivity contribution in [3.63, 3.8) is 0 Å². The van der Waals surface area contributed by atoms with Crippen molar-refractivity contribution >= 4 is 11.6 Å². The van der Waals surface area contributed by atoms with Gasteiger partial charge in [-0.3, -0.25) is 4.79 Å². The smallest absolute Gasteiger partial charge is 0.416 e. The largest absolute Gasteiger partial charge is 0.493 e. The Balaban J connectivity index is 1.69. The lowest BCUT2D eigenvalue weighted by molar-refractivity contribution is -0.143. The van der Waals surface area contributed by atoms with Crippen molar-refractivity contribution in [1.29, 1.82) is 0 Å². The lowest BCUT2D eigenvalue weighted by Gasteiger charge is -2.14. The third kappa shape index (κ3) is 5.97. The number of aromatic nitrogens is 2. The van der Waals surface area contributed by atoms with Crippen LogP contribution in [0.25, 0.3) is 11.4 Å². The number of aryl methyl sites for hydroxylation is 1. The Morgan fingerprint density at radius 1 is 0.941 bits per heavy atom. The maximum atomic E-state index is 13.0. The van der Waals surface area contributed by atoms with E-state index in [1.165, 1.54) is 14.2 Å². The molecule has 1 aromatic heterocycles. The number of halogens is 6. The van der Waals surface area contributed by atoms with Gasteiger partial charge in [0.25, 0.3) is 0 Å². The third-order valence-electron chi connectivity index (χ3n) is 4.55. The molecule has 34 heavy (non-hydrogen) atoms. The van der Waals surface area contributed by atoms with Crippen LogP contribution in [0.2, 0.25) is 0 Å². The first-order valence-electron chi connectivity index (χ1n) is 9.55. The number of methoxy groups -OCH3 is 2. The second-order valence-corrected chi connectivity index (χ2v) is 6.92. The summed E-state index contributed by atoms with van der Waals surface area (Å²) in [6, 6.07) is 5.70. The molecule has 0 aliphatic heterocycles. The van der Waals surface area contributed by atoms with Gasteiger partial charge < -0.3 is 19.3 Å². The van der Waals surface area contributed by atoms with E-state index in [-0.39, 0.29) is 30.6 Å². The monoisotopic (exact) mass is 489 g/mol. The number of benzene rings is 2. The minimum absolute atomic E-state index is 0.0240. The van der Waals surface area contributed by atoms with E-state index in [9.17, 15) is 31.1 Å². The quantitative estimate of drug-likeness (QED) is 0.450. The Bertz CT molecular complexity index is 1140. The van der Waals surface area contributed by atoms with Crippen LogP contribution in [0.4, 0.5) is 32.0 Å². The van der Waals surface area contributed by atoms with Crippen LogP contribution in [-0.4, -0.2) is 30.3 Å². The molecular weight excluding hydrogens is 472 g/mol. The van der Waals surface area contributed by atoms with Crippen molar-refractivity contribution in [3.8, 4) is 22.9 Å². The molecule has 0 saturated heterocycles. The van der Waals surface area contributed by atoms with Gasteiger partial charge in [-0.05, 0) is 36.4 Å². The normalized spacial score (nSPS) is 11.9. The van der Waals surface area contributed by atoms with E-state index in [1.54, 1.807) is 18.2 Å². The highest BCUT2D eigenvalue weighted by atomic mass is 19.4. The minimum atomic E-state index is -5.02. The minimum Gasteiger partial charge on any atom is -0.493 e. The fourth-order valence-electron chi connectivity index (χ4n) is 2.92. The van der Waals surface area contributed by atoms with Crippen LogP contribution in [0.3, 0.4) is 0 Å². The highest BCUT2D eigenvalue weighted by Gasteiger charge is 2.37. The van der Waals surface area contributed by atoms with Gasteiger partial charge >= 0.3 is 12.4 Å². The molecule has 182 valence electrons. The number of hydrogen-bond donors (Lipinski definition) is 1. The standard InChI is InChI=1S/C21H17F6N3O4/c1-32-15-4-3-11(7-16(15)33-2)19-29-18(34-30-19)6-5-17(31)28-14-9-12(20(22,23)24)8-13(10-14)21(25,26)27/h3-4,7-10H,5-6H2,1-2H3,(H,28,31). The first-order chi connectivity index (χ1) is 15.9. The van der Waals surface area contributed by atoms with Gasteiger partial charge in [0.05, 0.1) is 25.3 Å². The predicted octanol–water partition coefficient (Wildman–Crippen LogP) is 5.36. The van der Waals surface area contributed by atoms with E-state index < -0.39 is 35.1 Å². The average molecular weight is 489 g/mol. The molecule has 0 radical (unpaired) electrons. The molecule has 0 atom stereocenters. The summed E-state index contributed by atoms with van der Waals surface area (Å²) in [5.41, 5.74) is -3.17. The van der Waals surface area contributed by atoms with Crippen molar-refractivity contribution in [2.24, 2.45) is 0 Å². The lowest BCUT2D eigenvalue weighted by atomic mass is 10.1. The zero-order valence-electron chi connectivity index (χ0n) is 17.7. The number of amides is 1. The van der Waals surface area contributed by atoms with Crippen LogP contribution < -0.4 is 14.8 Å². The molecule has 1 N–H and O–H groups in total. The van der Waals surface area contributed by atoms with Crippen molar-refractivity contribution in [3.05, 3.63) is 53.4 Å². The topological polar surface area (TPSA) is 86.5 Å². The highest BCUT2D eigenvalue weighted by Crippen LogP contribution is 2.37. The van der Waals surface area contributed by atoms with E-state index in [0.29, 0.717) is 29.2 Å². The summed E-state index contributed by atoms with van der Waals surface area (Å²) in [6.07, 6.45) is -10.5. The number of ether oxygens (including phenoxy) is 2. The van der Waals surface area contributed by atoms with Crippen molar-refractivity contribution in [2.75, 3.05) is 19.5 Å². The number of nitrogens with one attached hydrogen (secondary N) is 1. The predicted molar refractivity (Wildman–Crippen MR) is 106 cm³/mol. The van der Waals surface area contributed by atoms with E-state index in [0.717, 1.165) is 0 Å². The number of anilines is 1. The number of alkyl halides is 6. The average Bonchev–Trinajstić information content (AvgIpc) is 3.25. The second-order valence-electron chi connectivity index (χ2n) is 6.92. The van der Waals surface area contributed by atoms with E-state index in [2.05, 4.69) is 10.1 Å². The van der Waals surface area contributed by atoms with E-state index in [4.69, 9.17) is 14.0 Å². The van der Waals surface area contributed by atoms with Crippen LogP contribution in [0.1, 0.15) is 23.4 Å². The lowest BCUT2D eigenvalue weighted by Crippen LogP contribution is -2.16. The number of carbonyl (C=O) groups excluding carboxylic acids is 1. The fraction of sp³-hybridized carbons (Fsp3) is 0.286. The first-order valence-corrected chi connectivity index (χ1v) is 9.55. The Morgan fingerprint density at radius 3 is 2.12 bits per heavy atom. The molecule has 0 spiro atoms. The molecule has 0 aliphatic carbocycles. The molecular formula is C21H17F6N3O4. The summed E-state index contributed by atoms with van der Waals surface area (Å²) in [5, 5.41) is 5.84. The fourth-order valence-corrected chi connectivity index (χ4v) is 2.92. The third-order valence-corrected chi connectivity index (χ3v) is 4.55. The summed E-state index contributed by atoms with van der Waals surface area (Å²) < 4.78 is 93.1. The Kier molecular flexibility index (Phi) is 7.03. The van der Waals surface area contributed by atoms with Gasteiger partial charge in [-0.2, -0.15) is 31.3 Å². The Morgan fingerprint density at radius 2 is 1.56 bits per heavy atom. The zero-order chi connectivity index (χ0) is 25.1. The summed E-state index contributed by atoms with van der Waals surface area (Å²) >= 11 is 0. The molecule has 2 aromatic carbocycles. The van der Waals surface area contributed by atoms with Gasteiger partial charge in [0.15, 0.2) is 11.5 Å². The molecule has 0 bridgehead atoms. The molecule has 3 rings (SSSR count). The van der Waals surface area contributed by atoms with Gasteiger partial charge in [0, 0.05) is 24.1 Å². The molecule has 0 unspecified atom stereocenters. The molecule has 0 fully saturated rings. The van der Waals surface area contributed by atoms with Gasteiger partial charge in [-0.25, -0.2) is 0 Å². The summed E-state index contributed by atoms with van der Waals surface area (Å²) in [5.74, 6) is 0.294. The number of nitrogens with zero attached hydrogens (tertiary/aromatic N) is 2. The van der Waals surface area contributed by atoms with Crippen LogP contribution in [-0.2, 0) is 23.6 Å². The number of carbonyl (C=O) groups is 1. The van der Waals surface area contributed by atoms with Crippen LogP contribution in [0, 0.1) is 0 Å². The van der Waals surface area contributed by atoms with Crippen LogP contribution in [0.5, 0.6) is 11.5 Å². The van der Waals surface area contributed by atoms with Crippen LogP contribution >= 0.6 is 0 Å². The molecule has 0 aliphatic rings.